The molecule has 0 aliphatic rings. The summed E-state index contributed by atoms with van der Waals surface area (Å²) in [4.78, 5) is 2.33. The maximum absolute atomic E-state index is 6.16. The summed E-state index contributed by atoms with van der Waals surface area (Å²) in [6.45, 7) is 0. The maximum Gasteiger partial charge on any atom is 0.136 e. The lowest BCUT2D eigenvalue weighted by Gasteiger charge is -2.26. The number of anilines is 3. The molecule has 42 heavy (non-hydrogen) atoms. The minimum Gasteiger partial charge on any atom is -0.456 e. The van der Waals surface area contributed by atoms with Gasteiger partial charge < -0.3 is 9.32 Å². The Morgan fingerprint density at radius 3 is 1.48 bits per heavy atom. The third kappa shape index (κ3) is 4.31. The first-order chi connectivity index (χ1) is 20.8. The topological polar surface area (TPSA) is 16.4 Å². The van der Waals surface area contributed by atoms with E-state index in [4.69, 9.17) is 4.42 Å². The van der Waals surface area contributed by atoms with Crippen LogP contribution in [0.1, 0.15) is 0 Å². The second kappa shape index (κ2) is 10.1. The SMILES string of the molecule is c1ccc(-c2ccc(N(c3ccc(-c4ccccc4)cc3)c3ccc4cc5oc6ccccc6c5cc4c3)cc2)cc1. The van der Waals surface area contributed by atoms with Crippen LogP contribution >= 0.6 is 0 Å². The molecule has 0 bridgehead atoms. The van der Waals surface area contributed by atoms with Gasteiger partial charge >= 0.3 is 0 Å². The monoisotopic (exact) mass is 537 g/mol. The smallest absolute Gasteiger partial charge is 0.136 e. The van der Waals surface area contributed by atoms with Crippen LogP contribution in [0, 0.1) is 0 Å². The zero-order chi connectivity index (χ0) is 27.9. The van der Waals surface area contributed by atoms with E-state index in [9.17, 15) is 0 Å². The molecule has 2 nitrogen and oxygen atoms in total. The molecule has 0 unspecified atom stereocenters. The number of furan rings is 1. The van der Waals surface area contributed by atoms with Gasteiger partial charge in [-0.25, -0.2) is 0 Å². The van der Waals surface area contributed by atoms with Crippen LogP contribution in [0.3, 0.4) is 0 Å². The fraction of sp³-hybridized carbons (Fsp3) is 0. The lowest BCUT2D eigenvalue weighted by molar-refractivity contribution is 0.669. The predicted molar refractivity (Wildman–Crippen MR) is 177 cm³/mol. The van der Waals surface area contributed by atoms with E-state index >= 15 is 0 Å². The number of hydrogen-bond acceptors (Lipinski definition) is 2. The highest BCUT2D eigenvalue weighted by Gasteiger charge is 2.15. The second-order valence-electron chi connectivity index (χ2n) is 10.6. The first-order valence-electron chi connectivity index (χ1n) is 14.3. The summed E-state index contributed by atoms with van der Waals surface area (Å²) in [6.07, 6.45) is 0. The van der Waals surface area contributed by atoms with Crippen molar-refractivity contribution in [2.45, 2.75) is 0 Å². The Bertz CT molecular complexity index is 2080. The van der Waals surface area contributed by atoms with Crippen molar-refractivity contribution in [3.8, 4) is 22.3 Å². The molecule has 8 aromatic rings. The third-order valence-corrected chi connectivity index (χ3v) is 8.04. The summed E-state index contributed by atoms with van der Waals surface area (Å²) in [6, 6.07) is 58.1. The Morgan fingerprint density at radius 1 is 0.333 bits per heavy atom. The molecular weight excluding hydrogens is 510 g/mol. The van der Waals surface area contributed by atoms with Gasteiger partial charge in [0.25, 0.3) is 0 Å². The molecule has 0 saturated heterocycles. The quantitative estimate of drug-likeness (QED) is 0.217. The van der Waals surface area contributed by atoms with Crippen LogP contribution in [0.2, 0.25) is 0 Å². The van der Waals surface area contributed by atoms with Crippen molar-refractivity contribution in [3.63, 3.8) is 0 Å². The second-order valence-corrected chi connectivity index (χ2v) is 10.6. The Labute approximate surface area is 244 Å². The van der Waals surface area contributed by atoms with Crippen molar-refractivity contribution in [1.29, 1.82) is 0 Å². The van der Waals surface area contributed by atoms with Gasteiger partial charge in [0, 0.05) is 27.8 Å². The molecule has 1 aromatic heterocycles. The van der Waals surface area contributed by atoms with Crippen LogP contribution in [0.25, 0.3) is 55.0 Å². The molecular formula is C40H27NO. The number of para-hydroxylation sites is 1. The van der Waals surface area contributed by atoms with Crippen molar-refractivity contribution in [1.82, 2.24) is 0 Å². The lowest BCUT2D eigenvalue weighted by Crippen LogP contribution is -2.09. The predicted octanol–water partition coefficient (Wildman–Crippen LogP) is 11.5. The van der Waals surface area contributed by atoms with Gasteiger partial charge in [-0.3, -0.25) is 0 Å². The van der Waals surface area contributed by atoms with E-state index in [2.05, 4.69) is 157 Å². The molecule has 0 saturated carbocycles. The van der Waals surface area contributed by atoms with E-state index in [1.807, 2.05) is 12.1 Å². The van der Waals surface area contributed by atoms with Crippen molar-refractivity contribution in [2.24, 2.45) is 0 Å². The Balaban J connectivity index is 1.26. The first kappa shape index (κ1) is 24.2. The van der Waals surface area contributed by atoms with Gasteiger partial charge in [-0.1, -0.05) is 109 Å². The normalized spacial score (nSPS) is 11.3. The van der Waals surface area contributed by atoms with Gasteiger partial charge in [0.15, 0.2) is 0 Å². The van der Waals surface area contributed by atoms with Gasteiger partial charge in [-0.2, -0.15) is 0 Å². The molecule has 198 valence electrons. The van der Waals surface area contributed by atoms with E-state index in [1.165, 1.54) is 27.6 Å². The van der Waals surface area contributed by atoms with Crippen LogP contribution in [0.4, 0.5) is 17.1 Å². The summed E-state index contributed by atoms with van der Waals surface area (Å²) in [5, 5.41) is 4.62. The molecule has 0 N–H and O–H groups in total. The fourth-order valence-corrected chi connectivity index (χ4v) is 5.91. The van der Waals surface area contributed by atoms with E-state index < -0.39 is 0 Å². The van der Waals surface area contributed by atoms with E-state index in [-0.39, 0.29) is 0 Å². The van der Waals surface area contributed by atoms with Gasteiger partial charge in [0.2, 0.25) is 0 Å². The minimum absolute atomic E-state index is 0.918. The van der Waals surface area contributed by atoms with Crippen LogP contribution in [0.5, 0.6) is 0 Å². The molecule has 0 aliphatic heterocycles. The number of rotatable bonds is 5. The minimum atomic E-state index is 0.918. The standard InChI is InChI=1S/C40H27NO/c1-3-9-28(10-4-1)30-15-20-34(21-16-30)41(35-22-17-31(18-23-35)29-11-5-2-6-12-29)36-24-19-32-27-40-38(26-33(32)25-36)37-13-7-8-14-39(37)42-40/h1-27H. The number of nitrogens with zero attached hydrogens (tertiary/aromatic N) is 1. The molecule has 1 heterocycles. The zero-order valence-electron chi connectivity index (χ0n) is 22.9. The van der Waals surface area contributed by atoms with Gasteiger partial charge in [-0.05, 0) is 87.6 Å². The fourth-order valence-electron chi connectivity index (χ4n) is 5.91. The molecule has 2 heteroatoms. The van der Waals surface area contributed by atoms with Crippen molar-refractivity contribution < 1.29 is 4.42 Å². The van der Waals surface area contributed by atoms with E-state index in [0.717, 1.165) is 44.4 Å². The summed E-state index contributed by atoms with van der Waals surface area (Å²) >= 11 is 0. The number of benzene rings is 7. The Kier molecular flexibility index (Phi) is 5.82. The molecule has 7 aromatic carbocycles. The van der Waals surface area contributed by atoms with Crippen LogP contribution in [0.15, 0.2) is 168 Å². The van der Waals surface area contributed by atoms with Gasteiger partial charge in [0.05, 0.1) is 0 Å². The summed E-state index contributed by atoms with van der Waals surface area (Å²) < 4.78 is 6.16. The summed E-state index contributed by atoms with van der Waals surface area (Å²) in [5.74, 6) is 0. The molecule has 0 radical (unpaired) electrons. The first-order valence-corrected chi connectivity index (χ1v) is 14.3. The maximum atomic E-state index is 6.16. The van der Waals surface area contributed by atoms with Crippen molar-refractivity contribution in [2.75, 3.05) is 4.90 Å². The highest BCUT2D eigenvalue weighted by molar-refractivity contribution is 6.10. The molecule has 0 fully saturated rings. The number of hydrogen-bond donors (Lipinski definition) is 0. The Hall–Kier alpha value is -5.60. The average Bonchev–Trinajstić information content (AvgIpc) is 3.42. The van der Waals surface area contributed by atoms with Crippen molar-refractivity contribution >= 4 is 49.8 Å². The molecule has 0 atom stereocenters. The van der Waals surface area contributed by atoms with Crippen molar-refractivity contribution in [3.05, 3.63) is 164 Å². The highest BCUT2D eigenvalue weighted by Crippen LogP contribution is 2.39. The van der Waals surface area contributed by atoms with Crippen LogP contribution in [-0.2, 0) is 0 Å². The average molecular weight is 538 g/mol. The molecule has 0 aliphatic carbocycles. The van der Waals surface area contributed by atoms with Crippen LogP contribution < -0.4 is 4.90 Å². The lowest BCUT2D eigenvalue weighted by atomic mass is 10.0. The van der Waals surface area contributed by atoms with E-state index in [0.29, 0.717) is 0 Å². The number of fused-ring (bicyclic) bond motifs is 4. The molecule has 0 amide bonds. The Morgan fingerprint density at radius 2 is 0.857 bits per heavy atom. The van der Waals surface area contributed by atoms with Crippen LogP contribution in [-0.4, -0.2) is 0 Å². The summed E-state index contributed by atoms with van der Waals surface area (Å²) in [5.41, 5.74) is 9.98. The van der Waals surface area contributed by atoms with E-state index in [1.54, 1.807) is 0 Å². The molecule has 0 spiro atoms. The summed E-state index contributed by atoms with van der Waals surface area (Å²) in [7, 11) is 0. The highest BCUT2D eigenvalue weighted by atomic mass is 16.3. The molecule has 8 rings (SSSR count). The zero-order valence-corrected chi connectivity index (χ0v) is 22.9. The van der Waals surface area contributed by atoms with Gasteiger partial charge in [-0.15, -0.1) is 0 Å². The third-order valence-electron chi connectivity index (χ3n) is 8.04. The largest absolute Gasteiger partial charge is 0.456 e. The van der Waals surface area contributed by atoms with Gasteiger partial charge in [0.1, 0.15) is 11.2 Å².